The van der Waals surface area contributed by atoms with E-state index in [2.05, 4.69) is 16.4 Å². The first-order chi connectivity index (χ1) is 11.2. The van der Waals surface area contributed by atoms with Gasteiger partial charge in [-0.3, -0.25) is 14.2 Å². The van der Waals surface area contributed by atoms with Crippen molar-refractivity contribution in [1.29, 1.82) is 5.26 Å². The summed E-state index contributed by atoms with van der Waals surface area (Å²) in [5.74, 6) is -0.286. The zero-order chi connectivity index (χ0) is 17.9. The molecule has 0 aliphatic rings. The Labute approximate surface area is 145 Å². The molecule has 0 unspecified atom stereocenters. The van der Waals surface area contributed by atoms with Gasteiger partial charge in [0, 0.05) is 13.0 Å². The minimum absolute atomic E-state index is 0.0734. The fraction of sp³-hybridized carbons (Fsp3) is 0.412. The van der Waals surface area contributed by atoms with Crippen LogP contribution in [-0.2, 0) is 11.3 Å². The molecule has 2 N–H and O–H groups in total. The first kappa shape index (κ1) is 17.9. The molecule has 1 amide bonds. The molecule has 1 aromatic carbocycles. The Balaban J connectivity index is 2.17. The molecule has 0 saturated carbocycles. The quantitative estimate of drug-likeness (QED) is 0.834. The normalized spacial score (nSPS) is 12.6. The molecule has 1 aromatic heterocycles. The molecule has 0 aliphatic carbocycles. The zero-order valence-corrected chi connectivity index (χ0v) is 14.7. The molecule has 0 radical (unpaired) electrons. The van der Waals surface area contributed by atoms with Crippen LogP contribution in [0.25, 0.3) is 10.9 Å². The Bertz CT molecular complexity index is 915. The number of para-hydroxylation sites is 1. The number of carbonyl (C=O) groups excluding carboxylic acids is 1. The first-order valence-electron chi connectivity index (χ1n) is 7.65. The maximum absolute atomic E-state index is 12.5. The number of hydrogen-bond acceptors (Lipinski definition) is 4. The summed E-state index contributed by atoms with van der Waals surface area (Å²) in [6, 6.07) is 8.59. The topological polar surface area (TPSA) is 90.7 Å². The Kier molecular flexibility index (Phi) is 5.20. The predicted octanol–water partition coefficient (Wildman–Crippen LogP) is 2.50. The van der Waals surface area contributed by atoms with Crippen LogP contribution in [0.2, 0.25) is 0 Å². The number of amides is 1. The molecule has 24 heavy (non-hydrogen) atoms. The summed E-state index contributed by atoms with van der Waals surface area (Å²) in [6.07, 6.45) is 0.0734. The van der Waals surface area contributed by atoms with E-state index in [0.717, 1.165) is 0 Å². The van der Waals surface area contributed by atoms with Gasteiger partial charge in [0.2, 0.25) is 5.91 Å². The summed E-state index contributed by atoms with van der Waals surface area (Å²) < 4.78 is 1.65. The fourth-order valence-corrected chi connectivity index (χ4v) is 2.58. The second-order valence-corrected chi connectivity index (χ2v) is 7.06. The van der Waals surface area contributed by atoms with E-state index >= 15 is 0 Å². The Morgan fingerprint density at radius 1 is 1.42 bits per heavy atom. The Hall–Kier alpha value is -2.46. The van der Waals surface area contributed by atoms with Crippen LogP contribution in [0.15, 0.2) is 29.1 Å². The van der Waals surface area contributed by atoms with Crippen LogP contribution in [0, 0.1) is 21.5 Å². The molecule has 0 saturated heterocycles. The molecule has 0 bridgehead atoms. The highest BCUT2D eigenvalue weighted by molar-refractivity contribution is 7.71. The number of fused-ring (bicyclic) bond motifs is 1. The van der Waals surface area contributed by atoms with Crippen molar-refractivity contribution in [2.75, 3.05) is 0 Å². The molecule has 0 fully saturated rings. The third kappa shape index (κ3) is 3.89. The van der Waals surface area contributed by atoms with Gasteiger partial charge in [0.05, 0.1) is 17.0 Å². The number of hydrogen-bond donors (Lipinski definition) is 2. The van der Waals surface area contributed by atoms with Crippen LogP contribution in [0.4, 0.5) is 0 Å². The van der Waals surface area contributed by atoms with Gasteiger partial charge in [-0.15, -0.1) is 0 Å². The standard InChI is InChI=1S/C17H20N4O2S/c1-17(2,3)13(10-18)20-14(22)8-9-21-15(23)11-6-4-5-7-12(11)19-16(21)24/h4-7,13H,8-9H2,1-3H3,(H,19,24)(H,20,22)/t13-/m0/s1. The van der Waals surface area contributed by atoms with Crippen molar-refractivity contribution in [3.05, 3.63) is 39.4 Å². The number of nitriles is 1. The lowest BCUT2D eigenvalue weighted by atomic mass is 9.87. The summed E-state index contributed by atoms with van der Waals surface area (Å²) in [5, 5.41) is 12.4. The highest BCUT2D eigenvalue weighted by atomic mass is 32.1. The van der Waals surface area contributed by atoms with Gasteiger partial charge in [0.25, 0.3) is 5.56 Å². The minimum atomic E-state index is -0.590. The largest absolute Gasteiger partial charge is 0.340 e. The van der Waals surface area contributed by atoms with E-state index in [1.165, 1.54) is 4.57 Å². The molecule has 0 aliphatic heterocycles. The summed E-state index contributed by atoms with van der Waals surface area (Å²) >= 11 is 5.21. The second-order valence-electron chi connectivity index (χ2n) is 6.68. The van der Waals surface area contributed by atoms with Crippen molar-refractivity contribution in [3.8, 4) is 6.07 Å². The second kappa shape index (κ2) is 6.97. The van der Waals surface area contributed by atoms with E-state index in [9.17, 15) is 9.59 Å². The molecule has 2 aromatic rings. The van der Waals surface area contributed by atoms with Crippen molar-refractivity contribution in [3.63, 3.8) is 0 Å². The van der Waals surface area contributed by atoms with E-state index in [4.69, 9.17) is 17.5 Å². The summed E-state index contributed by atoms with van der Waals surface area (Å²) in [5.41, 5.74) is 0.0847. The van der Waals surface area contributed by atoms with Gasteiger partial charge in [-0.2, -0.15) is 5.26 Å². The highest BCUT2D eigenvalue weighted by Gasteiger charge is 2.25. The number of rotatable bonds is 4. The van der Waals surface area contributed by atoms with Gasteiger partial charge in [0.1, 0.15) is 6.04 Å². The number of aromatic amines is 1. The number of H-pyrrole nitrogens is 1. The highest BCUT2D eigenvalue weighted by Crippen LogP contribution is 2.18. The average molecular weight is 344 g/mol. The summed E-state index contributed by atoms with van der Waals surface area (Å²) in [4.78, 5) is 27.6. The Morgan fingerprint density at radius 2 is 2.08 bits per heavy atom. The third-order valence-corrected chi connectivity index (χ3v) is 4.07. The van der Waals surface area contributed by atoms with Crippen molar-refractivity contribution in [2.45, 2.75) is 39.8 Å². The zero-order valence-electron chi connectivity index (χ0n) is 13.9. The van der Waals surface area contributed by atoms with E-state index in [0.29, 0.717) is 10.9 Å². The number of carbonyl (C=O) groups is 1. The van der Waals surface area contributed by atoms with Gasteiger partial charge in [-0.05, 0) is 29.8 Å². The predicted molar refractivity (Wildman–Crippen MR) is 95.0 cm³/mol. The number of aromatic nitrogens is 2. The molecule has 7 heteroatoms. The maximum atomic E-state index is 12.5. The van der Waals surface area contributed by atoms with E-state index in [-0.39, 0.29) is 34.6 Å². The van der Waals surface area contributed by atoms with Crippen LogP contribution >= 0.6 is 12.2 Å². The van der Waals surface area contributed by atoms with Gasteiger partial charge in [-0.25, -0.2) is 0 Å². The van der Waals surface area contributed by atoms with Crippen molar-refractivity contribution >= 4 is 29.0 Å². The lowest BCUT2D eigenvalue weighted by molar-refractivity contribution is -0.122. The molecule has 126 valence electrons. The number of nitrogens with one attached hydrogen (secondary N) is 2. The van der Waals surface area contributed by atoms with Gasteiger partial charge in [0.15, 0.2) is 4.77 Å². The lowest BCUT2D eigenvalue weighted by Gasteiger charge is -2.25. The van der Waals surface area contributed by atoms with Crippen molar-refractivity contribution in [2.24, 2.45) is 5.41 Å². The SMILES string of the molecule is CC(C)(C)[C@H](C#N)NC(=O)CCn1c(=S)[nH]c2ccccc2c1=O. The number of nitrogens with zero attached hydrogens (tertiary/aromatic N) is 2. The van der Waals surface area contributed by atoms with Crippen LogP contribution in [0.3, 0.4) is 0 Å². The molecule has 1 atom stereocenters. The van der Waals surface area contributed by atoms with Crippen LogP contribution in [0.1, 0.15) is 27.2 Å². The first-order valence-corrected chi connectivity index (χ1v) is 8.05. The van der Waals surface area contributed by atoms with Crippen LogP contribution < -0.4 is 10.9 Å². The van der Waals surface area contributed by atoms with Crippen molar-refractivity contribution in [1.82, 2.24) is 14.9 Å². The molecule has 1 heterocycles. The smallest absolute Gasteiger partial charge is 0.262 e. The number of benzene rings is 1. The fourth-order valence-electron chi connectivity index (χ4n) is 2.29. The monoisotopic (exact) mass is 344 g/mol. The minimum Gasteiger partial charge on any atom is -0.340 e. The Morgan fingerprint density at radius 3 is 2.71 bits per heavy atom. The molecular weight excluding hydrogens is 324 g/mol. The van der Waals surface area contributed by atoms with E-state index in [1.807, 2.05) is 26.8 Å². The van der Waals surface area contributed by atoms with Crippen LogP contribution in [0.5, 0.6) is 0 Å². The average Bonchev–Trinajstić information content (AvgIpc) is 2.51. The van der Waals surface area contributed by atoms with Gasteiger partial charge in [-0.1, -0.05) is 32.9 Å². The lowest BCUT2D eigenvalue weighted by Crippen LogP contribution is -2.43. The van der Waals surface area contributed by atoms with Crippen molar-refractivity contribution < 1.29 is 4.79 Å². The maximum Gasteiger partial charge on any atom is 0.262 e. The summed E-state index contributed by atoms with van der Waals surface area (Å²) in [6.45, 7) is 5.80. The molecule has 2 rings (SSSR count). The molecule has 6 nitrogen and oxygen atoms in total. The molecular formula is C17H20N4O2S. The van der Waals surface area contributed by atoms with E-state index < -0.39 is 6.04 Å². The molecule has 0 spiro atoms. The van der Waals surface area contributed by atoms with E-state index in [1.54, 1.807) is 18.2 Å². The van der Waals surface area contributed by atoms with Crippen LogP contribution in [-0.4, -0.2) is 21.5 Å². The van der Waals surface area contributed by atoms with Gasteiger partial charge >= 0.3 is 0 Å². The third-order valence-electron chi connectivity index (χ3n) is 3.75. The van der Waals surface area contributed by atoms with Gasteiger partial charge < -0.3 is 10.3 Å². The summed E-state index contributed by atoms with van der Waals surface area (Å²) in [7, 11) is 0.